The summed E-state index contributed by atoms with van der Waals surface area (Å²) in [5.74, 6) is -1.64. The summed E-state index contributed by atoms with van der Waals surface area (Å²) in [6.45, 7) is 13.7. The maximum atomic E-state index is 12.6. The van der Waals surface area contributed by atoms with Gasteiger partial charge in [0, 0.05) is 23.3 Å². The van der Waals surface area contributed by atoms with Gasteiger partial charge in [-0.25, -0.2) is 14.2 Å². The molecule has 0 aliphatic carbocycles. The fourth-order valence-corrected chi connectivity index (χ4v) is 2.53. The molecule has 164 valence electrons. The van der Waals surface area contributed by atoms with Crippen LogP contribution in [0.15, 0.2) is 36.5 Å². The lowest BCUT2D eigenvalue weighted by atomic mass is 10.3. The maximum Gasteiger partial charge on any atom is 0.475 e. The SMILES string of the molecule is C=C(C)C(=O)NCCOP(=O)(OCCOC(=O)C(=C)C)OCCOC(=O)C(=C)C. The van der Waals surface area contributed by atoms with Crippen molar-refractivity contribution in [1.29, 1.82) is 0 Å². The Balaban J connectivity index is 4.56. The fourth-order valence-electron chi connectivity index (χ4n) is 1.40. The molecular weight excluding hydrogens is 405 g/mol. The van der Waals surface area contributed by atoms with Gasteiger partial charge >= 0.3 is 19.8 Å². The number of phosphoric ester groups is 1. The molecule has 0 rings (SSSR count). The standard InChI is InChI=1S/C18H28NO9P/c1-13(2)16(20)19-7-8-26-29(23,27-11-9-24-17(21)14(3)4)28-12-10-25-18(22)15(5)6/h1,3,5,7-12H2,2,4,6H3,(H,19,20). The lowest BCUT2D eigenvalue weighted by molar-refractivity contribution is -0.140. The fraction of sp³-hybridized carbons (Fsp3) is 0.500. The molecule has 0 heterocycles. The van der Waals surface area contributed by atoms with Crippen molar-refractivity contribution in [3.8, 4) is 0 Å². The van der Waals surface area contributed by atoms with Crippen LogP contribution in [0.1, 0.15) is 20.8 Å². The first-order chi connectivity index (χ1) is 13.5. The molecule has 0 aliphatic heterocycles. The van der Waals surface area contributed by atoms with Gasteiger partial charge in [0.05, 0.1) is 19.8 Å². The summed E-state index contributed by atoms with van der Waals surface area (Å²) < 4.78 is 37.6. The van der Waals surface area contributed by atoms with Crippen molar-refractivity contribution < 1.29 is 42.0 Å². The van der Waals surface area contributed by atoms with Gasteiger partial charge in [0.25, 0.3) is 0 Å². The average Bonchev–Trinajstić information content (AvgIpc) is 2.65. The van der Waals surface area contributed by atoms with E-state index in [1.54, 1.807) is 0 Å². The van der Waals surface area contributed by atoms with Crippen molar-refractivity contribution in [2.24, 2.45) is 0 Å². The lowest BCUT2D eigenvalue weighted by Gasteiger charge is -2.18. The molecule has 0 aliphatic rings. The van der Waals surface area contributed by atoms with Crippen molar-refractivity contribution in [1.82, 2.24) is 5.32 Å². The molecule has 0 aromatic carbocycles. The van der Waals surface area contributed by atoms with Gasteiger partial charge in [0.15, 0.2) is 0 Å². The van der Waals surface area contributed by atoms with E-state index < -0.39 is 19.8 Å². The van der Waals surface area contributed by atoms with E-state index >= 15 is 0 Å². The van der Waals surface area contributed by atoms with Crippen LogP contribution in [0.5, 0.6) is 0 Å². The van der Waals surface area contributed by atoms with E-state index in [9.17, 15) is 18.9 Å². The third-order valence-corrected chi connectivity index (χ3v) is 4.35. The molecule has 0 bridgehead atoms. The zero-order valence-electron chi connectivity index (χ0n) is 17.0. The van der Waals surface area contributed by atoms with E-state index in [0.29, 0.717) is 5.57 Å². The molecule has 1 N–H and O–H groups in total. The molecule has 0 spiro atoms. The summed E-state index contributed by atoms with van der Waals surface area (Å²) in [5, 5.41) is 2.49. The molecular formula is C18H28NO9P. The minimum Gasteiger partial charge on any atom is -0.460 e. The minimum absolute atomic E-state index is 0.0255. The summed E-state index contributed by atoms with van der Waals surface area (Å²) in [7, 11) is -4.07. The monoisotopic (exact) mass is 433 g/mol. The smallest absolute Gasteiger partial charge is 0.460 e. The average molecular weight is 433 g/mol. The molecule has 0 unspecified atom stereocenters. The number of hydrogen-bond acceptors (Lipinski definition) is 9. The number of carbonyl (C=O) groups is 3. The van der Waals surface area contributed by atoms with Crippen molar-refractivity contribution in [2.75, 3.05) is 39.6 Å². The lowest BCUT2D eigenvalue weighted by Crippen LogP contribution is -2.27. The number of phosphoric acid groups is 1. The van der Waals surface area contributed by atoms with E-state index in [1.807, 2.05) is 0 Å². The van der Waals surface area contributed by atoms with Gasteiger partial charge in [-0.3, -0.25) is 18.4 Å². The number of nitrogens with one attached hydrogen (secondary N) is 1. The molecule has 10 nitrogen and oxygen atoms in total. The topological polar surface area (TPSA) is 126 Å². The highest BCUT2D eigenvalue weighted by atomic mass is 31.2. The van der Waals surface area contributed by atoms with Crippen LogP contribution in [0, 0.1) is 0 Å². The zero-order valence-corrected chi connectivity index (χ0v) is 17.9. The highest BCUT2D eigenvalue weighted by molar-refractivity contribution is 7.48. The first-order valence-electron chi connectivity index (χ1n) is 8.61. The summed E-state index contributed by atoms with van der Waals surface area (Å²) in [4.78, 5) is 34.0. The Hall–Kier alpha value is -2.26. The van der Waals surface area contributed by atoms with E-state index in [2.05, 4.69) is 25.1 Å². The summed E-state index contributed by atoms with van der Waals surface area (Å²) in [6, 6.07) is 0. The molecule has 1 amide bonds. The number of esters is 2. The number of carbonyl (C=O) groups excluding carboxylic acids is 3. The van der Waals surface area contributed by atoms with Crippen LogP contribution in [0.2, 0.25) is 0 Å². The third kappa shape index (κ3) is 12.7. The van der Waals surface area contributed by atoms with Gasteiger partial charge < -0.3 is 14.8 Å². The Morgan fingerprint density at radius 2 is 1.14 bits per heavy atom. The second-order valence-electron chi connectivity index (χ2n) is 5.82. The van der Waals surface area contributed by atoms with Crippen LogP contribution in [-0.2, 0) is 42.0 Å². The van der Waals surface area contributed by atoms with E-state index in [1.165, 1.54) is 20.8 Å². The normalized spacial score (nSPS) is 10.7. The van der Waals surface area contributed by atoms with Crippen LogP contribution in [0.4, 0.5) is 0 Å². The quantitative estimate of drug-likeness (QED) is 0.179. The first-order valence-corrected chi connectivity index (χ1v) is 10.1. The molecule has 0 atom stereocenters. The molecule has 0 radical (unpaired) electrons. The van der Waals surface area contributed by atoms with E-state index in [-0.39, 0.29) is 56.6 Å². The Labute approximate surface area is 170 Å². The van der Waals surface area contributed by atoms with Crippen molar-refractivity contribution >= 4 is 25.7 Å². The van der Waals surface area contributed by atoms with Crippen molar-refractivity contribution in [2.45, 2.75) is 20.8 Å². The van der Waals surface area contributed by atoms with E-state index in [4.69, 9.17) is 23.0 Å². The van der Waals surface area contributed by atoms with Gasteiger partial charge in [-0.1, -0.05) is 19.7 Å². The predicted octanol–water partition coefficient (Wildman–Crippen LogP) is 2.08. The molecule has 11 heteroatoms. The largest absolute Gasteiger partial charge is 0.475 e. The molecule has 0 saturated heterocycles. The molecule has 0 aromatic heterocycles. The summed E-state index contributed by atoms with van der Waals surface area (Å²) in [6.07, 6.45) is 0. The zero-order chi connectivity index (χ0) is 22.4. The van der Waals surface area contributed by atoms with Crippen molar-refractivity contribution in [3.63, 3.8) is 0 Å². The minimum atomic E-state index is -4.07. The molecule has 0 saturated carbocycles. The summed E-state index contributed by atoms with van der Waals surface area (Å²) >= 11 is 0. The Kier molecular flexibility index (Phi) is 12.8. The van der Waals surface area contributed by atoms with Gasteiger partial charge in [0.1, 0.15) is 13.2 Å². The van der Waals surface area contributed by atoms with Gasteiger partial charge in [-0.2, -0.15) is 0 Å². The highest BCUT2D eigenvalue weighted by Gasteiger charge is 2.27. The van der Waals surface area contributed by atoms with Gasteiger partial charge in [0.2, 0.25) is 5.91 Å². The molecule has 29 heavy (non-hydrogen) atoms. The molecule has 0 fully saturated rings. The number of ether oxygens (including phenoxy) is 2. The molecule has 0 aromatic rings. The number of amides is 1. The second kappa shape index (κ2) is 13.8. The van der Waals surface area contributed by atoms with Crippen LogP contribution < -0.4 is 5.32 Å². The van der Waals surface area contributed by atoms with Crippen LogP contribution in [0.3, 0.4) is 0 Å². The Bertz CT molecular complexity index is 596. The van der Waals surface area contributed by atoms with Gasteiger partial charge in [-0.15, -0.1) is 0 Å². The van der Waals surface area contributed by atoms with Gasteiger partial charge in [-0.05, 0) is 20.8 Å². The van der Waals surface area contributed by atoms with Crippen LogP contribution in [-0.4, -0.2) is 57.4 Å². The highest BCUT2D eigenvalue weighted by Crippen LogP contribution is 2.49. The second-order valence-corrected chi connectivity index (χ2v) is 7.48. The third-order valence-electron chi connectivity index (χ3n) is 2.85. The summed E-state index contributed by atoms with van der Waals surface area (Å²) in [5.41, 5.74) is 0.709. The van der Waals surface area contributed by atoms with E-state index in [0.717, 1.165) is 0 Å². The number of rotatable bonds is 15. The predicted molar refractivity (Wildman–Crippen MR) is 105 cm³/mol. The maximum absolute atomic E-state index is 12.6. The van der Waals surface area contributed by atoms with Crippen LogP contribution >= 0.6 is 7.82 Å². The number of hydrogen-bond donors (Lipinski definition) is 1. The van der Waals surface area contributed by atoms with Crippen molar-refractivity contribution in [3.05, 3.63) is 36.5 Å². The Morgan fingerprint density at radius 1 is 0.724 bits per heavy atom. The Morgan fingerprint density at radius 3 is 1.52 bits per heavy atom. The van der Waals surface area contributed by atoms with Crippen LogP contribution in [0.25, 0.3) is 0 Å². The first kappa shape index (κ1) is 26.7.